The van der Waals surface area contributed by atoms with Crippen molar-refractivity contribution in [3.63, 3.8) is 0 Å². The lowest BCUT2D eigenvalue weighted by Gasteiger charge is -2.24. The first-order valence-corrected chi connectivity index (χ1v) is 15.0. The van der Waals surface area contributed by atoms with Crippen molar-refractivity contribution in [2.24, 2.45) is 0 Å². The zero-order valence-corrected chi connectivity index (χ0v) is 25.4. The highest BCUT2D eigenvalue weighted by Gasteiger charge is 2.48. The van der Waals surface area contributed by atoms with Crippen molar-refractivity contribution in [1.29, 1.82) is 0 Å². The number of nitrogens with zero attached hydrogens (tertiary/aromatic N) is 2. The number of aliphatic hydroxyl groups excluding tert-OH is 1. The van der Waals surface area contributed by atoms with Gasteiger partial charge in [0.1, 0.15) is 18.1 Å². The Labute approximate surface area is 262 Å². The molecule has 1 atom stereocenters. The van der Waals surface area contributed by atoms with E-state index in [1.54, 1.807) is 60.7 Å². The van der Waals surface area contributed by atoms with Crippen LogP contribution in [0, 0.1) is 0 Å². The number of thiazole rings is 1. The van der Waals surface area contributed by atoms with Crippen LogP contribution in [0.25, 0.3) is 16.0 Å². The summed E-state index contributed by atoms with van der Waals surface area (Å²) in [5.74, 6) is -0.450. The van der Waals surface area contributed by atoms with Gasteiger partial charge in [-0.2, -0.15) is 0 Å². The normalized spacial score (nSPS) is 16.0. The van der Waals surface area contributed by atoms with E-state index in [0.717, 1.165) is 10.3 Å². The molecular weight excluding hydrogens is 600 g/mol. The number of methoxy groups -OCH3 is 1. The number of carbonyl (C=O) groups is 2. The van der Waals surface area contributed by atoms with Crippen molar-refractivity contribution >= 4 is 55.7 Å². The number of ether oxygens (including phenoxy) is 3. The Morgan fingerprint density at radius 1 is 0.955 bits per heavy atom. The smallest absolute Gasteiger partial charge is 0.301 e. The molecule has 1 N–H and O–H groups in total. The van der Waals surface area contributed by atoms with E-state index < -0.39 is 17.7 Å². The number of hydrogen-bond acceptors (Lipinski definition) is 8. The molecule has 0 aliphatic carbocycles. The minimum Gasteiger partial charge on any atom is -0.507 e. The molecule has 1 aliphatic rings. The largest absolute Gasteiger partial charge is 0.507 e. The Morgan fingerprint density at radius 2 is 1.73 bits per heavy atom. The van der Waals surface area contributed by atoms with E-state index in [0.29, 0.717) is 57.3 Å². The number of fused-ring (bicyclic) bond motifs is 1. The fourth-order valence-electron chi connectivity index (χ4n) is 5.07. The molecule has 4 aromatic carbocycles. The standard InChI is InChI=1S/C34H27ClN2O6S/c1-3-42-24-13-9-21(10-14-24)31(38)29-30(22-11-16-26(27(17-22)41-2)43-19-20-7-5-4-6-8-20)37(33(40)32(29)39)34-36-25-15-12-23(35)18-28(25)44-34/h4-18,30,38H,3,19H2,1-2H3. The van der Waals surface area contributed by atoms with Crippen molar-refractivity contribution in [3.8, 4) is 17.2 Å². The highest BCUT2D eigenvalue weighted by Crippen LogP contribution is 2.46. The molecule has 1 amide bonds. The number of hydrogen-bond donors (Lipinski definition) is 1. The van der Waals surface area contributed by atoms with Gasteiger partial charge >= 0.3 is 5.91 Å². The third-order valence-electron chi connectivity index (χ3n) is 7.17. The monoisotopic (exact) mass is 626 g/mol. The molecule has 10 heteroatoms. The van der Waals surface area contributed by atoms with Crippen LogP contribution in [0.4, 0.5) is 5.13 Å². The molecule has 1 aliphatic heterocycles. The van der Waals surface area contributed by atoms with E-state index in [2.05, 4.69) is 4.98 Å². The first-order valence-electron chi connectivity index (χ1n) is 13.8. The van der Waals surface area contributed by atoms with Crippen molar-refractivity contribution in [1.82, 2.24) is 4.98 Å². The number of ketones is 1. The summed E-state index contributed by atoms with van der Waals surface area (Å²) >= 11 is 7.44. The van der Waals surface area contributed by atoms with E-state index >= 15 is 0 Å². The van der Waals surface area contributed by atoms with Crippen LogP contribution in [-0.2, 0) is 16.2 Å². The Hall–Kier alpha value is -4.86. The van der Waals surface area contributed by atoms with E-state index in [4.69, 9.17) is 25.8 Å². The van der Waals surface area contributed by atoms with Gasteiger partial charge in [0.15, 0.2) is 16.6 Å². The minimum absolute atomic E-state index is 0.0727. The highest BCUT2D eigenvalue weighted by atomic mass is 35.5. The average molecular weight is 627 g/mol. The van der Waals surface area contributed by atoms with Gasteiger partial charge in [0, 0.05) is 10.6 Å². The molecule has 6 rings (SSSR count). The predicted molar refractivity (Wildman–Crippen MR) is 171 cm³/mol. The van der Waals surface area contributed by atoms with Gasteiger partial charge in [-0.05, 0) is 72.6 Å². The van der Waals surface area contributed by atoms with Gasteiger partial charge in [0.25, 0.3) is 5.78 Å². The second kappa shape index (κ2) is 12.4. The predicted octanol–water partition coefficient (Wildman–Crippen LogP) is 7.56. The summed E-state index contributed by atoms with van der Waals surface area (Å²) in [6, 6.07) is 25.8. The number of aliphatic hydroxyl groups is 1. The zero-order valence-electron chi connectivity index (χ0n) is 23.8. The molecule has 0 saturated carbocycles. The Balaban J connectivity index is 1.46. The summed E-state index contributed by atoms with van der Waals surface area (Å²) in [6.07, 6.45) is 0. The molecule has 1 saturated heterocycles. The molecule has 1 unspecified atom stereocenters. The number of aromatic nitrogens is 1. The van der Waals surface area contributed by atoms with Crippen LogP contribution >= 0.6 is 22.9 Å². The highest BCUT2D eigenvalue weighted by molar-refractivity contribution is 7.22. The van der Waals surface area contributed by atoms with Gasteiger partial charge in [-0.15, -0.1) is 0 Å². The van der Waals surface area contributed by atoms with Crippen molar-refractivity contribution < 1.29 is 28.9 Å². The van der Waals surface area contributed by atoms with Crippen molar-refractivity contribution in [2.75, 3.05) is 18.6 Å². The number of amides is 1. The minimum atomic E-state index is -1.00. The fourth-order valence-corrected chi connectivity index (χ4v) is 6.34. The Morgan fingerprint density at radius 3 is 2.45 bits per heavy atom. The molecule has 0 bridgehead atoms. The summed E-state index contributed by atoms with van der Waals surface area (Å²) in [7, 11) is 1.52. The molecule has 0 spiro atoms. The number of anilines is 1. The maximum absolute atomic E-state index is 13.7. The Kier molecular flexibility index (Phi) is 8.23. The maximum Gasteiger partial charge on any atom is 0.301 e. The summed E-state index contributed by atoms with van der Waals surface area (Å²) in [6.45, 7) is 2.68. The van der Waals surface area contributed by atoms with Gasteiger partial charge in [0.05, 0.1) is 35.5 Å². The lowest BCUT2D eigenvalue weighted by atomic mass is 9.95. The van der Waals surface area contributed by atoms with Crippen LogP contribution in [0.3, 0.4) is 0 Å². The fraction of sp³-hybridized carbons (Fsp3) is 0.147. The molecule has 222 valence electrons. The summed E-state index contributed by atoms with van der Waals surface area (Å²) in [5, 5.41) is 12.4. The van der Waals surface area contributed by atoms with Crippen molar-refractivity contribution in [2.45, 2.75) is 19.6 Å². The molecule has 1 aromatic heterocycles. The van der Waals surface area contributed by atoms with E-state index in [9.17, 15) is 14.7 Å². The topological polar surface area (TPSA) is 98.2 Å². The van der Waals surface area contributed by atoms with Crippen LogP contribution < -0.4 is 19.1 Å². The third-order valence-corrected chi connectivity index (χ3v) is 8.42. The quantitative estimate of drug-likeness (QED) is 0.102. The van der Waals surface area contributed by atoms with Gasteiger partial charge in [-0.1, -0.05) is 59.3 Å². The summed E-state index contributed by atoms with van der Waals surface area (Å²) < 4.78 is 18.0. The van der Waals surface area contributed by atoms with E-state index in [-0.39, 0.29) is 11.3 Å². The third kappa shape index (κ3) is 5.59. The van der Waals surface area contributed by atoms with Gasteiger partial charge in [-0.25, -0.2) is 4.98 Å². The molecule has 0 radical (unpaired) electrons. The molecule has 44 heavy (non-hydrogen) atoms. The first kappa shape index (κ1) is 29.2. The number of carbonyl (C=O) groups excluding carboxylic acids is 2. The van der Waals surface area contributed by atoms with Crippen LogP contribution in [0.5, 0.6) is 17.2 Å². The van der Waals surface area contributed by atoms with Gasteiger partial charge in [0.2, 0.25) is 0 Å². The first-order chi connectivity index (χ1) is 21.4. The second-order valence-electron chi connectivity index (χ2n) is 9.92. The maximum atomic E-state index is 13.7. The van der Waals surface area contributed by atoms with E-state index in [1.165, 1.54) is 23.3 Å². The average Bonchev–Trinajstić information content (AvgIpc) is 3.57. The van der Waals surface area contributed by atoms with Gasteiger partial charge in [-0.3, -0.25) is 14.5 Å². The zero-order chi connectivity index (χ0) is 30.8. The summed E-state index contributed by atoms with van der Waals surface area (Å²) in [5.41, 5.74) is 2.43. The summed E-state index contributed by atoms with van der Waals surface area (Å²) in [4.78, 5) is 33.3. The number of Topliss-reactive ketones (excluding diaryl/α,β-unsaturated/α-hetero) is 1. The molecule has 5 aromatic rings. The second-order valence-corrected chi connectivity index (χ2v) is 11.4. The van der Waals surface area contributed by atoms with Gasteiger partial charge < -0.3 is 19.3 Å². The van der Waals surface area contributed by atoms with Crippen molar-refractivity contribution in [3.05, 3.63) is 118 Å². The molecule has 8 nitrogen and oxygen atoms in total. The lowest BCUT2D eigenvalue weighted by Crippen LogP contribution is -2.29. The Bertz CT molecular complexity index is 1890. The molecule has 1 fully saturated rings. The molecular formula is C34H27ClN2O6S. The van der Waals surface area contributed by atoms with Crippen LogP contribution in [0.1, 0.15) is 29.7 Å². The molecule has 2 heterocycles. The number of halogens is 1. The van der Waals surface area contributed by atoms with E-state index in [1.807, 2.05) is 37.3 Å². The lowest BCUT2D eigenvalue weighted by molar-refractivity contribution is -0.132. The van der Waals surface area contributed by atoms with Crippen LogP contribution in [0.15, 0.2) is 96.6 Å². The number of benzene rings is 4. The van der Waals surface area contributed by atoms with Crippen LogP contribution in [0.2, 0.25) is 5.02 Å². The van der Waals surface area contributed by atoms with Crippen LogP contribution in [-0.4, -0.2) is 35.5 Å². The number of rotatable bonds is 9. The SMILES string of the molecule is CCOc1ccc(C(O)=C2C(=O)C(=O)N(c3nc4ccc(Cl)cc4s3)C2c2ccc(OCc3ccccc3)c(OC)c2)cc1.